The first kappa shape index (κ1) is 13.2. The highest BCUT2D eigenvalue weighted by Gasteiger charge is 2.26. The van der Waals surface area contributed by atoms with Crippen LogP contribution in [-0.2, 0) is 0 Å². The van der Waals surface area contributed by atoms with E-state index in [2.05, 4.69) is 39.9 Å². The molecule has 1 heterocycles. The third-order valence-electron chi connectivity index (χ3n) is 3.91. The fourth-order valence-electron chi connectivity index (χ4n) is 2.54. The zero-order valence-corrected chi connectivity index (χ0v) is 11.5. The van der Waals surface area contributed by atoms with Crippen molar-refractivity contribution in [3.8, 4) is 5.69 Å². The van der Waals surface area contributed by atoms with E-state index in [1.807, 2.05) is 12.1 Å². The summed E-state index contributed by atoms with van der Waals surface area (Å²) in [7, 11) is 0. The van der Waals surface area contributed by atoms with Crippen molar-refractivity contribution in [1.29, 1.82) is 0 Å². The van der Waals surface area contributed by atoms with Crippen LogP contribution < -0.4 is 5.32 Å². The lowest BCUT2D eigenvalue weighted by molar-refractivity contribution is 0.0420. The molecule has 1 aromatic heterocycles. The molecule has 2 aromatic rings. The van der Waals surface area contributed by atoms with Crippen molar-refractivity contribution in [3.63, 3.8) is 0 Å². The number of aliphatic hydroxyl groups excluding tert-OH is 1. The molecule has 1 atom stereocenters. The first-order valence-electron chi connectivity index (χ1n) is 6.97. The predicted octanol–water partition coefficient (Wildman–Crippen LogP) is 1.08. The molecular formula is C14H19N5O. The van der Waals surface area contributed by atoms with Gasteiger partial charge >= 0.3 is 0 Å². The number of benzene rings is 1. The second-order valence-electron chi connectivity index (χ2n) is 5.47. The first-order chi connectivity index (χ1) is 9.72. The van der Waals surface area contributed by atoms with Gasteiger partial charge < -0.3 is 10.4 Å². The van der Waals surface area contributed by atoms with Crippen LogP contribution in [0.2, 0.25) is 0 Å². The lowest BCUT2D eigenvalue weighted by Gasteiger charge is -2.32. The van der Waals surface area contributed by atoms with Crippen LogP contribution in [0.5, 0.6) is 0 Å². The van der Waals surface area contributed by atoms with Gasteiger partial charge in [-0.15, -0.1) is 5.10 Å². The molecule has 106 valence electrons. The Morgan fingerprint density at radius 1 is 1.45 bits per heavy atom. The van der Waals surface area contributed by atoms with Gasteiger partial charge in [0, 0.05) is 6.04 Å². The lowest BCUT2D eigenvalue weighted by atomic mass is 9.82. The van der Waals surface area contributed by atoms with E-state index in [0.717, 1.165) is 25.1 Å². The number of aliphatic hydroxyl groups is 1. The fourth-order valence-corrected chi connectivity index (χ4v) is 2.54. The number of aromatic nitrogens is 4. The molecule has 0 saturated heterocycles. The molecule has 2 N–H and O–H groups in total. The highest BCUT2D eigenvalue weighted by Crippen LogP contribution is 2.27. The Labute approximate surface area is 117 Å². The molecule has 0 amide bonds. The SMILES string of the molecule is CC(NCC1CC(O)C1)c1cccc(-n2cnnn2)c1. The largest absolute Gasteiger partial charge is 0.393 e. The maximum Gasteiger partial charge on any atom is 0.143 e. The van der Waals surface area contributed by atoms with Crippen LogP contribution in [0.15, 0.2) is 30.6 Å². The Bertz CT molecular complexity index is 550. The third-order valence-corrected chi connectivity index (χ3v) is 3.91. The van der Waals surface area contributed by atoms with Gasteiger partial charge in [-0.1, -0.05) is 12.1 Å². The van der Waals surface area contributed by atoms with Gasteiger partial charge in [0.2, 0.25) is 0 Å². The molecule has 1 aromatic carbocycles. The standard InChI is InChI=1S/C14H19N5O/c1-10(15-8-11-5-14(20)6-11)12-3-2-4-13(7-12)19-9-16-17-18-19/h2-4,7,9-11,14-15,20H,5-6,8H2,1H3. The molecule has 6 heteroatoms. The van der Waals surface area contributed by atoms with Crippen LogP contribution in [0.3, 0.4) is 0 Å². The van der Waals surface area contributed by atoms with Crippen molar-refractivity contribution in [2.24, 2.45) is 5.92 Å². The maximum atomic E-state index is 9.29. The lowest BCUT2D eigenvalue weighted by Crippen LogP contribution is -2.37. The van der Waals surface area contributed by atoms with Crippen molar-refractivity contribution in [1.82, 2.24) is 25.5 Å². The number of nitrogens with zero attached hydrogens (tertiary/aromatic N) is 4. The van der Waals surface area contributed by atoms with Crippen molar-refractivity contribution in [2.75, 3.05) is 6.54 Å². The Morgan fingerprint density at radius 3 is 3.00 bits per heavy atom. The summed E-state index contributed by atoms with van der Waals surface area (Å²) >= 11 is 0. The summed E-state index contributed by atoms with van der Waals surface area (Å²) in [6, 6.07) is 8.45. The minimum atomic E-state index is -0.0831. The summed E-state index contributed by atoms with van der Waals surface area (Å²) in [5.41, 5.74) is 2.16. The Hall–Kier alpha value is -1.79. The van der Waals surface area contributed by atoms with Gasteiger partial charge in [-0.2, -0.15) is 0 Å². The quantitative estimate of drug-likeness (QED) is 0.852. The van der Waals surface area contributed by atoms with Crippen LogP contribution in [0.1, 0.15) is 31.4 Å². The summed E-state index contributed by atoms with van der Waals surface area (Å²) in [5, 5.41) is 24.0. The summed E-state index contributed by atoms with van der Waals surface area (Å²) in [5.74, 6) is 0.607. The number of hydrogen-bond acceptors (Lipinski definition) is 5. The monoisotopic (exact) mass is 273 g/mol. The van der Waals surface area contributed by atoms with Gasteiger partial charge in [0.1, 0.15) is 6.33 Å². The molecule has 20 heavy (non-hydrogen) atoms. The average molecular weight is 273 g/mol. The minimum Gasteiger partial charge on any atom is -0.393 e. The fraction of sp³-hybridized carbons (Fsp3) is 0.500. The second-order valence-corrected chi connectivity index (χ2v) is 5.47. The highest BCUT2D eigenvalue weighted by molar-refractivity contribution is 5.35. The number of hydrogen-bond donors (Lipinski definition) is 2. The van der Waals surface area contributed by atoms with E-state index in [-0.39, 0.29) is 12.1 Å². The number of rotatable bonds is 5. The zero-order valence-electron chi connectivity index (χ0n) is 11.5. The van der Waals surface area contributed by atoms with Gasteiger partial charge in [0.05, 0.1) is 11.8 Å². The molecule has 3 rings (SSSR count). The summed E-state index contributed by atoms with van der Waals surface area (Å²) in [6.07, 6.45) is 3.35. The smallest absolute Gasteiger partial charge is 0.143 e. The topological polar surface area (TPSA) is 75.9 Å². The van der Waals surface area contributed by atoms with Crippen LogP contribution in [0.25, 0.3) is 5.69 Å². The Kier molecular flexibility index (Phi) is 3.75. The number of tetrazole rings is 1. The third kappa shape index (κ3) is 2.86. The highest BCUT2D eigenvalue weighted by atomic mass is 16.3. The van der Waals surface area contributed by atoms with E-state index < -0.39 is 0 Å². The van der Waals surface area contributed by atoms with Crippen LogP contribution in [-0.4, -0.2) is 38.0 Å². The van der Waals surface area contributed by atoms with Gasteiger partial charge in [-0.05, 0) is 60.4 Å². The molecule has 1 fully saturated rings. The molecule has 0 aliphatic heterocycles. The van der Waals surface area contributed by atoms with Crippen molar-refractivity contribution in [2.45, 2.75) is 31.9 Å². The zero-order chi connectivity index (χ0) is 13.9. The molecule has 6 nitrogen and oxygen atoms in total. The normalized spacial score (nSPS) is 23.3. The van der Waals surface area contributed by atoms with Crippen molar-refractivity contribution in [3.05, 3.63) is 36.2 Å². The molecular weight excluding hydrogens is 254 g/mol. The van der Waals surface area contributed by atoms with Crippen molar-refractivity contribution >= 4 is 0 Å². The molecule has 0 spiro atoms. The van der Waals surface area contributed by atoms with E-state index >= 15 is 0 Å². The Morgan fingerprint density at radius 2 is 2.30 bits per heavy atom. The number of nitrogens with one attached hydrogen (secondary N) is 1. The molecule has 0 radical (unpaired) electrons. The second kappa shape index (κ2) is 5.68. The van der Waals surface area contributed by atoms with E-state index in [0.29, 0.717) is 5.92 Å². The van der Waals surface area contributed by atoms with Crippen LogP contribution in [0.4, 0.5) is 0 Å². The molecule has 1 aliphatic rings. The molecule has 0 bridgehead atoms. The summed E-state index contributed by atoms with van der Waals surface area (Å²) in [6.45, 7) is 3.10. The van der Waals surface area contributed by atoms with Crippen LogP contribution >= 0.6 is 0 Å². The van der Waals surface area contributed by atoms with E-state index in [4.69, 9.17) is 0 Å². The molecule has 1 saturated carbocycles. The summed E-state index contributed by atoms with van der Waals surface area (Å²) < 4.78 is 1.65. The van der Waals surface area contributed by atoms with E-state index in [1.54, 1.807) is 11.0 Å². The van der Waals surface area contributed by atoms with Gasteiger partial charge in [-0.25, -0.2) is 4.68 Å². The van der Waals surface area contributed by atoms with E-state index in [9.17, 15) is 5.11 Å². The van der Waals surface area contributed by atoms with Gasteiger partial charge in [0.25, 0.3) is 0 Å². The van der Waals surface area contributed by atoms with Crippen LogP contribution in [0, 0.1) is 5.92 Å². The van der Waals surface area contributed by atoms with Crippen molar-refractivity contribution < 1.29 is 5.11 Å². The predicted molar refractivity (Wildman–Crippen MR) is 74.3 cm³/mol. The Balaban J connectivity index is 1.62. The minimum absolute atomic E-state index is 0.0831. The molecule has 1 unspecified atom stereocenters. The maximum absolute atomic E-state index is 9.29. The van der Waals surface area contributed by atoms with Gasteiger partial charge in [-0.3, -0.25) is 0 Å². The summed E-state index contributed by atoms with van der Waals surface area (Å²) in [4.78, 5) is 0. The average Bonchev–Trinajstić information content (AvgIpc) is 2.96. The van der Waals surface area contributed by atoms with Gasteiger partial charge in [0.15, 0.2) is 0 Å². The van der Waals surface area contributed by atoms with E-state index in [1.165, 1.54) is 5.56 Å². The molecule has 1 aliphatic carbocycles. The first-order valence-corrected chi connectivity index (χ1v) is 6.97.